The molecule has 1 amide bonds. The van der Waals surface area contributed by atoms with Gasteiger partial charge in [0.15, 0.2) is 5.60 Å². The molecule has 0 aliphatic carbocycles. The summed E-state index contributed by atoms with van der Waals surface area (Å²) in [5.41, 5.74) is -0.469. The van der Waals surface area contributed by atoms with Crippen molar-refractivity contribution in [3.8, 4) is 0 Å². The molecule has 2 aromatic carbocycles. The van der Waals surface area contributed by atoms with Gasteiger partial charge in [-0.3, -0.25) is 4.79 Å². The fourth-order valence-electron chi connectivity index (χ4n) is 4.64. The summed E-state index contributed by atoms with van der Waals surface area (Å²) in [7, 11) is 2.27. The SMILES string of the molecule is C[N+]12CCC(CC1)[C@@H](NC(=O)C(O)(c1ccccc1)c1ccccc1)C2. The van der Waals surface area contributed by atoms with Crippen molar-refractivity contribution >= 4 is 5.91 Å². The Balaban J connectivity index is 1.65. The van der Waals surface area contributed by atoms with Crippen LogP contribution in [0.4, 0.5) is 0 Å². The van der Waals surface area contributed by atoms with Gasteiger partial charge in [-0.25, -0.2) is 0 Å². The van der Waals surface area contributed by atoms with E-state index in [-0.39, 0.29) is 11.9 Å². The predicted molar refractivity (Wildman–Crippen MR) is 101 cm³/mol. The van der Waals surface area contributed by atoms with E-state index in [4.69, 9.17) is 0 Å². The minimum Gasteiger partial charge on any atom is -0.372 e. The lowest BCUT2D eigenvalue weighted by Gasteiger charge is -2.51. The average molecular weight is 351 g/mol. The summed E-state index contributed by atoms with van der Waals surface area (Å²) in [4.78, 5) is 13.3. The third-order valence-corrected chi connectivity index (χ3v) is 6.31. The number of nitrogens with zero attached hydrogens (tertiary/aromatic N) is 1. The van der Waals surface area contributed by atoms with Crippen LogP contribution in [0.5, 0.6) is 0 Å². The van der Waals surface area contributed by atoms with Crippen molar-refractivity contribution in [2.75, 3.05) is 26.7 Å². The van der Waals surface area contributed by atoms with Gasteiger partial charge >= 0.3 is 0 Å². The number of hydrogen-bond donors (Lipinski definition) is 2. The molecule has 136 valence electrons. The maximum absolute atomic E-state index is 13.3. The number of nitrogens with one attached hydrogen (secondary N) is 1. The quantitative estimate of drug-likeness (QED) is 0.831. The zero-order valence-corrected chi connectivity index (χ0v) is 15.3. The predicted octanol–water partition coefficient (Wildman–Crippen LogP) is 2.28. The van der Waals surface area contributed by atoms with Crippen molar-refractivity contribution in [1.82, 2.24) is 5.32 Å². The normalized spacial score (nSPS) is 27.9. The number of hydrogen-bond acceptors (Lipinski definition) is 2. The molecule has 4 heteroatoms. The summed E-state index contributed by atoms with van der Waals surface area (Å²) in [6.07, 6.45) is 2.30. The first kappa shape index (κ1) is 17.3. The van der Waals surface area contributed by atoms with E-state index in [9.17, 15) is 9.90 Å². The first-order chi connectivity index (χ1) is 12.5. The van der Waals surface area contributed by atoms with Crippen LogP contribution in [0.2, 0.25) is 0 Å². The van der Waals surface area contributed by atoms with Gasteiger partial charge in [-0.05, 0) is 17.0 Å². The van der Waals surface area contributed by atoms with Crippen molar-refractivity contribution in [2.24, 2.45) is 5.92 Å². The second-order valence-corrected chi connectivity index (χ2v) is 8.11. The van der Waals surface area contributed by atoms with Gasteiger partial charge in [-0.2, -0.15) is 0 Å². The molecular formula is C22H27N2O2+. The molecule has 1 atom stereocenters. The third kappa shape index (κ3) is 2.93. The number of rotatable bonds is 4. The summed E-state index contributed by atoms with van der Waals surface area (Å²) in [5.74, 6) is 0.204. The van der Waals surface area contributed by atoms with Crippen molar-refractivity contribution in [2.45, 2.75) is 24.5 Å². The Morgan fingerprint density at radius 1 is 1.00 bits per heavy atom. The van der Waals surface area contributed by atoms with Crippen LogP contribution >= 0.6 is 0 Å². The maximum atomic E-state index is 13.3. The monoisotopic (exact) mass is 351 g/mol. The van der Waals surface area contributed by atoms with E-state index in [0.29, 0.717) is 17.0 Å². The first-order valence-corrected chi connectivity index (χ1v) is 9.49. The van der Waals surface area contributed by atoms with Crippen LogP contribution in [0.25, 0.3) is 0 Å². The lowest BCUT2D eigenvalue weighted by atomic mass is 9.80. The van der Waals surface area contributed by atoms with Gasteiger partial charge in [0.05, 0.1) is 32.7 Å². The molecule has 0 aromatic heterocycles. The van der Waals surface area contributed by atoms with E-state index in [1.807, 2.05) is 60.7 Å². The van der Waals surface area contributed by atoms with Gasteiger partial charge in [0, 0.05) is 12.8 Å². The minimum atomic E-state index is -1.67. The molecule has 3 heterocycles. The van der Waals surface area contributed by atoms with Gasteiger partial charge in [-0.15, -0.1) is 0 Å². The van der Waals surface area contributed by atoms with E-state index < -0.39 is 5.60 Å². The highest BCUT2D eigenvalue weighted by molar-refractivity contribution is 5.90. The van der Waals surface area contributed by atoms with Crippen LogP contribution < -0.4 is 5.32 Å². The van der Waals surface area contributed by atoms with Gasteiger partial charge in [0.25, 0.3) is 5.91 Å². The van der Waals surface area contributed by atoms with Crippen LogP contribution in [0.15, 0.2) is 60.7 Å². The van der Waals surface area contributed by atoms with E-state index >= 15 is 0 Å². The van der Waals surface area contributed by atoms with Gasteiger partial charge in [0.1, 0.15) is 0 Å². The minimum absolute atomic E-state index is 0.133. The Kier molecular flexibility index (Phi) is 4.33. The smallest absolute Gasteiger partial charge is 0.261 e. The number of carbonyl (C=O) groups is 1. The Morgan fingerprint density at radius 2 is 1.50 bits per heavy atom. The van der Waals surface area contributed by atoms with Gasteiger partial charge in [0.2, 0.25) is 0 Å². The highest BCUT2D eigenvalue weighted by Crippen LogP contribution is 2.34. The fraction of sp³-hybridized carbons (Fsp3) is 0.409. The van der Waals surface area contributed by atoms with E-state index in [0.717, 1.165) is 23.9 Å². The third-order valence-electron chi connectivity index (χ3n) is 6.31. The molecule has 26 heavy (non-hydrogen) atoms. The second kappa shape index (κ2) is 6.53. The van der Waals surface area contributed by atoms with E-state index in [1.54, 1.807) is 0 Å². The second-order valence-electron chi connectivity index (χ2n) is 8.11. The number of quaternary nitrogens is 1. The Hall–Kier alpha value is -2.17. The molecule has 3 saturated heterocycles. The molecule has 5 rings (SSSR count). The molecule has 2 aromatic rings. The number of benzene rings is 2. The summed E-state index contributed by atoms with van der Waals surface area (Å²) in [6, 6.07) is 18.6. The van der Waals surface area contributed by atoms with Gasteiger partial charge < -0.3 is 14.9 Å². The molecule has 0 saturated carbocycles. The molecule has 3 aliphatic rings. The topological polar surface area (TPSA) is 49.3 Å². The summed E-state index contributed by atoms with van der Waals surface area (Å²) in [6.45, 7) is 3.34. The van der Waals surface area contributed by atoms with Crippen LogP contribution in [0, 0.1) is 5.92 Å². The maximum Gasteiger partial charge on any atom is 0.261 e. The summed E-state index contributed by atoms with van der Waals surface area (Å²) < 4.78 is 1.02. The van der Waals surface area contributed by atoms with E-state index in [1.165, 1.54) is 13.1 Å². The highest BCUT2D eigenvalue weighted by atomic mass is 16.3. The van der Waals surface area contributed by atoms with Crippen molar-refractivity contribution < 1.29 is 14.4 Å². The number of piperidine rings is 3. The lowest BCUT2D eigenvalue weighted by Crippen LogP contribution is -2.66. The summed E-state index contributed by atoms with van der Waals surface area (Å²) in [5, 5.41) is 14.8. The molecule has 3 aliphatic heterocycles. The molecule has 4 nitrogen and oxygen atoms in total. The molecule has 2 bridgehead atoms. The first-order valence-electron chi connectivity index (χ1n) is 9.49. The van der Waals surface area contributed by atoms with E-state index in [2.05, 4.69) is 12.4 Å². The van der Waals surface area contributed by atoms with Crippen molar-refractivity contribution in [3.05, 3.63) is 71.8 Å². The Bertz CT molecular complexity index is 728. The lowest BCUT2D eigenvalue weighted by molar-refractivity contribution is -0.925. The molecule has 0 radical (unpaired) electrons. The van der Waals surface area contributed by atoms with Crippen LogP contribution in [0.1, 0.15) is 24.0 Å². The fourth-order valence-corrected chi connectivity index (χ4v) is 4.64. The molecular weight excluding hydrogens is 324 g/mol. The average Bonchev–Trinajstić information content (AvgIpc) is 2.69. The van der Waals surface area contributed by atoms with Crippen molar-refractivity contribution in [3.63, 3.8) is 0 Å². The van der Waals surface area contributed by atoms with Gasteiger partial charge in [-0.1, -0.05) is 60.7 Å². The number of aliphatic hydroxyl groups is 1. The largest absolute Gasteiger partial charge is 0.372 e. The number of carbonyl (C=O) groups excluding carboxylic acids is 1. The number of fused-ring (bicyclic) bond motifs is 3. The van der Waals surface area contributed by atoms with Crippen LogP contribution in [-0.4, -0.2) is 48.2 Å². The number of amides is 1. The zero-order valence-electron chi connectivity index (χ0n) is 15.3. The Morgan fingerprint density at radius 3 is 1.96 bits per heavy atom. The Labute approximate surface area is 155 Å². The molecule has 0 unspecified atom stereocenters. The summed E-state index contributed by atoms with van der Waals surface area (Å²) >= 11 is 0. The molecule has 0 spiro atoms. The molecule has 3 fully saturated rings. The van der Waals surface area contributed by atoms with Crippen molar-refractivity contribution in [1.29, 1.82) is 0 Å². The standard InChI is InChI=1S/C22H26N2O2/c1-24-14-12-17(13-15-24)20(16-24)23-21(25)22(26,18-8-4-2-5-9-18)19-10-6-3-7-11-19/h2-11,17,20,26H,12-16H2,1H3/p+1/t17?,20-,24?/m0/s1. The highest BCUT2D eigenvalue weighted by Gasteiger charge is 2.47. The van der Waals surface area contributed by atoms with Crippen LogP contribution in [-0.2, 0) is 10.4 Å². The number of likely N-dealkylation sites (N-methyl/N-ethyl adjacent to an activating group) is 1. The zero-order chi connectivity index (χ0) is 18.2. The molecule has 2 N–H and O–H groups in total. The van der Waals surface area contributed by atoms with Crippen LogP contribution in [0.3, 0.4) is 0 Å².